The molecule has 126 valence electrons. The van der Waals surface area contributed by atoms with Crippen molar-refractivity contribution in [1.82, 2.24) is 5.32 Å². The van der Waals surface area contributed by atoms with Crippen LogP contribution in [0, 0.1) is 5.92 Å². The van der Waals surface area contributed by atoms with Crippen LogP contribution in [0.5, 0.6) is 0 Å². The molecule has 3 atom stereocenters. The first-order chi connectivity index (χ1) is 11.0. The van der Waals surface area contributed by atoms with Gasteiger partial charge in [-0.2, -0.15) is 13.2 Å². The minimum absolute atomic E-state index is 0.188. The van der Waals surface area contributed by atoms with E-state index >= 15 is 0 Å². The van der Waals surface area contributed by atoms with Crippen LogP contribution in [-0.2, 0) is 20.4 Å². The Kier molecular flexibility index (Phi) is 4.59. The normalized spacial score (nSPS) is 27.5. The number of carbonyl (C=O) groups excluding carboxylic acids is 1. The molecule has 1 aliphatic carbocycles. The minimum atomic E-state index is -4.40. The van der Waals surface area contributed by atoms with E-state index < -0.39 is 17.7 Å². The van der Waals surface area contributed by atoms with Crippen molar-refractivity contribution in [1.29, 1.82) is 0 Å². The molecule has 23 heavy (non-hydrogen) atoms. The van der Waals surface area contributed by atoms with E-state index in [9.17, 15) is 18.0 Å². The Morgan fingerprint density at radius 3 is 2.74 bits per heavy atom. The summed E-state index contributed by atoms with van der Waals surface area (Å²) in [6.45, 7) is 1.78. The Labute approximate surface area is 132 Å². The van der Waals surface area contributed by atoms with Crippen molar-refractivity contribution >= 4 is 5.91 Å². The van der Waals surface area contributed by atoms with Gasteiger partial charge in [0.1, 0.15) is 0 Å². The quantitative estimate of drug-likeness (QED) is 0.922. The van der Waals surface area contributed by atoms with Gasteiger partial charge in [0.15, 0.2) is 0 Å². The van der Waals surface area contributed by atoms with E-state index in [1.54, 1.807) is 6.07 Å². The van der Waals surface area contributed by atoms with Crippen molar-refractivity contribution in [3.63, 3.8) is 0 Å². The summed E-state index contributed by atoms with van der Waals surface area (Å²) in [5, 5.41) is 2.75. The molecule has 4 nitrogen and oxygen atoms in total. The molecule has 0 bridgehead atoms. The highest BCUT2D eigenvalue weighted by Crippen LogP contribution is 2.50. The van der Waals surface area contributed by atoms with Crippen molar-refractivity contribution in [2.45, 2.75) is 24.6 Å². The van der Waals surface area contributed by atoms with Gasteiger partial charge in [-0.25, -0.2) is 0 Å². The average Bonchev–Trinajstić information content (AvgIpc) is 3.33. The second kappa shape index (κ2) is 6.49. The van der Waals surface area contributed by atoms with E-state index in [2.05, 4.69) is 5.32 Å². The molecule has 1 aliphatic heterocycles. The number of carbonyl (C=O) groups is 1. The lowest BCUT2D eigenvalue weighted by Crippen LogP contribution is -2.40. The van der Waals surface area contributed by atoms with Crippen molar-refractivity contribution in [2.75, 3.05) is 26.4 Å². The average molecular weight is 329 g/mol. The number of alkyl halides is 3. The molecule has 3 rings (SSSR count). The molecule has 1 amide bonds. The van der Waals surface area contributed by atoms with Gasteiger partial charge in [-0.3, -0.25) is 4.79 Å². The highest BCUT2D eigenvalue weighted by atomic mass is 19.4. The van der Waals surface area contributed by atoms with Crippen LogP contribution in [0.2, 0.25) is 0 Å². The van der Waals surface area contributed by atoms with Crippen LogP contribution in [0.4, 0.5) is 13.2 Å². The minimum Gasteiger partial charge on any atom is -0.376 e. The summed E-state index contributed by atoms with van der Waals surface area (Å²) in [4.78, 5) is 12.1. The Hall–Kier alpha value is -1.60. The number of hydrogen-bond acceptors (Lipinski definition) is 3. The predicted molar refractivity (Wildman–Crippen MR) is 75.9 cm³/mol. The highest BCUT2D eigenvalue weighted by molar-refractivity contribution is 5.83. The number of benzene rings is 1. The molecule has 0 radical (unpaired) electrons. The topological polar surface area (TPSA) is 47.6 Å². The third kappa shape index (κ3) is 3.84. The Balaban J connectivity index is 1.58. The molecular weight excluding hydrogens is 311 g/mol. The summed E-state index contributed by atoms with van der Waals surface area (Å²) in [5.74, 6) is -0.986. The molecule has 1 saturated heterocycles. The fourth-order valence-corrected chi connectivity index (χ4v) is 2.91. The van der Waals surface area contributed by atoms with Gasteiger partial charge >= 0.3 is 6.18 Å². The maximum atomic E-state index is 13.0. The predicted octanol–water partition coefficient (Wildman–Crippen LogP) is 2.34. The SMILES string of the molecule is O=C(NC[C@@H]1COCCO1)[C@@H]1C[C@@H]1c1ccccc1C(F)(F)F. The van der Waals surface area contributed by atoms with Gasteiger partial charge in [-0.05, 0) is 24.0 Å². The van der Waals surface area contributed by atoms with Crippen LogP contribution in [0.3, 0.4) is 0 Å². The molecule has 1 heterocycles. The van der Waals surface area contributed by atoms with Crippen LogP contribution < -0.4 is 5.32 Å². The Bertz CT molecular complexity index is 570. The van der Waals surface area contributed by atoms with Crippen LogP contribution in [-0.4, -0.2) is 38.4 Å². The number of hydrogen-bond donors (Lipinski definition) is 1. The molecule has 1 saturated carbocycles. The van der Waals surface area contributed by atoms with E-state index in [-0.39, 0.29) is 23.5 Å². The molecule has 0 aromatic heterocycles. The molecule has 2 fully saturated rings. The van der Waals surface area contributed by atoms with Gasteiger partial charge in [0, 0.05) is 12.5 Å². The van der Waals surface area contributed by atoms with Gasteiger partial charge in [0.25, 0.3) is 0 Å². The largest absolute Gasteiger partial charge is 0.416 e. The van der Waals surface area contributed by atoms with Crippen molar-refractivity contribution in [3.05, 3.63) is 35.4 Å². The van der Waals surface area contributed by atoms with Crippen LogP contribution in [0.1, 0.15) is 23.5 Å². The Morgan fingerprint density at radius 1 is 1.26 bits per heavy atom. The molecule has 0 spiro atoms. The molecule has 0 unspecified atom stereocenters. The molecular formula is C16H18F3NO3. The summed E-state index contributed by atoms with van der Waals surface area (Å²) in [7, 11) is 0. The zero-order chi connectivity index (χ0) is 16.4. The first kappa shape index (κ1) is 16.3. The molecule has 7 heteroatoms. The lowest BCUT2D eigenvalue weighted by molar-refractivity contribution is -0.138. The van der Waals surface area contributed by atoms with E-state index in [1.165, 1.54) is 12.1 Å². The van der Waals surface area contributed by atoms with Crippen LogP contribution in [0.25, 0.3) is 0 Å². The number of halogens is 3. The second-order valence-corrected chi connectivity index (χ2v) is 5.85. The molecule has 1 aromatic carbocycles. The van der Waals surface area contributed by atoms with Crippen LogP contribution in [0.15, 0.2) is 24.3 Å². The van der Waals surface area contributed by atoms with Gasteiger partial charge in [0.2, 0.25) is 5.91 Å². The van der Waals surface area contributed by atoms with E-state index in [0.717, 1.165) is 6.07 Å². The first-order valence-corrected chi connectivity index (χ1v) is 7.60. The fourth-order valence-electron chi connectivity index (χ4n) is 2.91. The maximum absolute atomic E-state index is 13.0. The summed E-state index contributed by atoms with van der Waals surface area (Å²) in [6, 6.07) is 5.46. The number of rotatable bonds is 4. The maximum Gasteiger partial charge on any atom is 0.416 e. The highest BCUT2D eigenvalue weighted by Gasteiger charge is 2.47. The smallest absolute Gasteiger partial charge is 0.376 e. The zero-order valence-electron chi connectivity index (χ0n) is 12.4. The fraction of sp³-hybridized carbons (Fsp3) is 0.562. The van der Waals surface area contributed by atoms with Crippen LogP contribution >= 0.6 is 0 Å². The van der Waals surface area contributed by atoms with Crippen molar-refractivity contribution in [3.8, 4) is 0 Å². The summed E-state index contributed by atoms with van der Waals surface area (Å²) in [5.41, 5.74) is -0.443. The number of nitrogens with one attached hydrogen (secondary N) is 1. The van der Waals surface area contributed by atoms with Crippen molar-refractivity contribution in [2.24, 2.45) is 5.92 Å². The summed E-state index contributed by atoms with van der Waals surface area (Å²) < 4.78 is 49.7. The third-order valence-electron chi connectivity index (χ3n) is 4.18. The monoisotopic (exact) mass is 329 g/mol. The zero-order valence-corrected chi connectivity index (χ0v) is 12.4. The summed E-state index contributed by atoms with van der Waals surface area (Å²) in [6.07, 6.45) is -4.14. The third-order valence-corrected chi connectivity index (χ3v) is 4.18. The van der Waals surface area contributed by atoms with Gasteiger partial charge in [0.05, 0.1) is 31.5 Å². The van der Waals surface area contributed by atoms with Gasteiger partial charge in [-0.1, -0.05) is 18.2 Å². The number of amides is 1. The summed E-state index contributed by atoms with van der Waals surface area (Å²) >= 11 is 0. The molecule has 1 N–H and O–H groups in total. The van der Waals surface area contributed by atoms with E-state index in [1.807, 2.05) is 0 Å². The van der Waals surface area contributed by atoms with Crippen molar-refractivity contribution < 1.29 is 27.4 Å². The lowest BCUT2D eigenvalue weighted by Gasteiger charge is -2.23. The first-order valence-electron chi connectivity index (χ1n) is 7.60. The van der Waals surface area contributed by atoms with Gasteiger partial charge in [-0.15, -0.1) is 0 Å². The second-order valence-electron chi connectivity index (χ2n) is 5.85. The Morgan fingerprint density at radius 2 is 2.04 bits per heavy atom. The van der Waals surface area contributed by atoms with E-state index in [0.29, 0.717) is 32.8 Å². The molecule has 1 aromatic rings. The number of ether oxygens (including phenoxy) is 2. The molecule has 2 aliphatic rings. The standard InChI is InChI=1S/C16H18F3NO3/c17-16(18,19)14-4-2-1-3-11(14)12-7-13(12)15(21)20-8-10-9-22-5-6-23-10/h1-4,10,12-13H,5-9H2,(H,20,21)/t10-,12-,13-/m1/s1. The van der Waals surface area contributed by atoms with Gasteiger partial charge < -0.3 is 14.8 Å². The lowest BCUT2D eigenvalue weighted by atomic mass is 10.0. The van der Waals surface area contributed by atoms with E-state index in [4.69, 9.17) is 9.47 Å².